The highest BCUT2D eigenvalue weighted by atomic mass is 19.1. The number of likely N-dealkylation sites (tertiary alicyclic amines) is 1. The van der Waals surface area contributed by atoms with Gasteiger partial charge in [-0.05, 0) is 88.3 Å². The first kappa shape index (κ1) is 36.2. The zero-order valence-corrected chi connectivity index (χ0v) is 30.6. The van der Waals surface area contributed by atoms with Crippen LogP contribution >= 0.6 is 0 Å². The summed E-state index contributed by atoms with van der Waals surface area (Å²) in [5, 5.41) is 0. The molecule has 6 rings (SSSR count). The second kappa shape index (κ2) is 16.1. The van der Waals surface area contributed by atoms with Crippen molar-refractivity contribution in [3.8, 4) is 22.9 Å². The number of pyridine rings is 1. The Morgan fingerprint density at radius 3 is 2.02 bits per heavy atom. The largest absolute Gasteiger partial charge is 0.473 e. The molecule has 0 spiro atoms. The van der Waals surface area contributed by atoms with E-state index in [4.69, 9.17) is 19.2 Å². The molecule has 2 saturated heterocycles. The molecule has 0 radical (unpaired) electrons. The van der Waals surface area contributed by atoms with E-state index >= 15 is 4.39 Å². The topological polar surface area (TPSA) is 67.4 Å². The van der Waals surface area contributed by atoms with Crippen LogP contribution in [0.4, 0.5) is 14.9 Å². The lowest BCUT2D eigenvalue weighted by atomic mass is 9.94. The van der Waals surface area contributed by atoms with Gasteiger partial charge in [-0.25, -0.2) is 9.18 Å². The summed E-state index contributed by atoms with van der Waals surface area (Å²) in [6.45, 7) is 14.8. The molecule has 270 valence electrons. The molecule has 2 aliphatic heterocycles. The van der Waals surface area contributed by atoms with E-state index in [1.54, 1.807) is 6.07 Å². The summed E-state index contributed by atoms with van der Waals surface area (Å²) in [5.74, 6) is 1.08. The number of carbonyl (C=O) groups excluding carboxylic acids is 1. The van der Waals surface area contributed by atoms with Gasteiger partial charge in [-0.15, -0.1) is 0 Å². The summed E-state index contributed by atoms with van der Waals surface area (Å²) >= 11 is 0. The lowest BCUT2D eigenvalue weighted by Crippen LogP contribution is -2.58. The van der Waals surface area contributed by atoms with Crippen LogP contribution in [0.2, 0.25) is 0 Å². The van der Waals surface area contributed by atoms with Crippen LogP contribution in [0.5, 0.6) is 11.8 Å². The van der Waals surface area contributed by atoms with Crippen molar-refractivity contribution in [3.63, 3.8) is 0 Å². The quantitative estimate of drug-likeness (QED) is 0.165. The SMILES string of the molecule is C[C@@H]1CN(c2ccc(-c3ccc(OCc4ccccc4)nc3OCc3ccccc3)cc2F)C[C@H](C)N1CC1CCN(C(=O)OC(C)(C)C)CC1. The van der Waals surface area contributed by atoms with Crippen molar-refractivity contribution >= 4 is 11.8 Å². The average Bonchev–Trinajstić information content (AvgIpc) is 3.11. The maximum Gasteiger partial charge on any atom is 0.410 e. The van der Waals surface area contributed by atoms with Crippen LogP contribution in [0, 0.1) is 11.7 Å². The van der Waals surface area contributed by atoms with E-state index in [2.05, 4.69) is 23.6 Å². The molecule has 8 nitrogen and oxygen atoms in total. The van der Waals surface area contributed by atoms with Gasteiger partial charge < -0.3 is 24.0 Å². The number of rotatable bonds is 10. The number of amides is 1. The Morgan fingerprint density at radius 1 is 0.824 bits per heavy atom. The van der Waals surface area contributed by atoms with Crippen LogP contribution in [0.3, 0.4) is 0 Å². The summed E-state index contributed by atoms with van der Waals surface area (Å²) < 4.78 is 33.9. The van der Waals surface area contributed by atoms with Gasteiger partial charge in [0, 0.05) is 56.4 Å². The highest BCUT2D eigenvalue weighted by Crippen LogP contribution is 2.35. The Balaban J connectivity index is 1.11. The maximum absolute atomic E-state index is 16.0. The minimum absolute atomic E-state index is 0.221. The molecule has 4 aromatic rings. The van der Waals surface area contributed by atoms with Crippen molar-refractivity contribution in [2.24, 2.45) is 5.92 Å². The summed E-state index contributed by atoms with van der Waals surface area (Å²) in [5.41, 5.74) is 3.56. The molecule has 1 amide bonds. The molecule has 3 heterocycles. The molecular weight excluding hydrogens is 643 g/mol. The zero-order valence-electron chi connectivity index (χ0n) is 30.6. The van der Waals surface area contributed by atoms with E-state index in [1.165, 1.54) is 0 Å². The third-order valence-electron chi connectivity index (χ3n) is 9.72. The van der Waals surface area contributed by atoms with E-state index in [0.29, 0.717) is 47.7 Å². The molecule has 2 atom stereocenters. The second-order valence-corrected chi connectivity index (χ2v) is 14.9. The second-order valence-electron chi connectivity index (χ2n) is 14.9. The molecule has 0 bridgehead atoms. The number of halogens is 1. The molecule has 0 N–H and O–H groups in total. The fourth-order valence-electron chi connectivity index (χ4n) is 7.06. The Kier molecular flexibility index (Phi) is 11.5. The minimum Gasteiger partial charge on any atom is -0.473 e. The predicted molar refractivity (Wildman–Crippen MR) is 200 cm³/mol. The van der Waals surface area contributed by atoms with Crippen LogP contribution in [0.1, 0.15) is 58.6 Å². The molecule has 3 aromatic carbocycles. The molecule has 2 fully saturated rings. The normalized spacial score (nSPS) is 18.8. The molecule has 0 saturated carbocycles. The van der Waals surface area contributed by atoms with E-state index in [1.807, 2.05) is 111 Å². The van der Waals surface area contributed by atoms with Crippen LogP contribution in [0.25, 0.3) is 11.1 Å². The van der Waals surface area contributed by atoms with Crippen LogP contribution < -0.4 is 14.4 Å². The molecule has 51 heavy (non-hydrogen) atoms. The van der Waals surface area contributed by atoms with Gasteiger partial charge >= 0.3 is 6.09 Å². The number of benzene rings is 3. The van der Waals surface area contributed by atoms with Gasteiger partial charge in [0.25, 0.3) is 0 Å². The van der Waals surface area contributed by atoms with Crippen LogP contribution in [-0.2, 0) is 18.0 Å². The average molecular weight is 695 g/mol. The molecule has 0 unspecified atom stereocenters. The number of piperazine rings is 1. The van der Waals surface area contributed by atoms with E-state index in [0.717, 1.165) is 56.7 Å². The molecule has 2 aliphatic rings. The number of nitrogens with zero attached hydrogens (tertiary/aromatic N) is 4. The molecule has 1 aromatic heterocycles. The number of hydrogen-bond acceptors (Lipinski definition) is 7. The van der Waals surface area contributed by atoms with E-state index in [9.17, 15) is 4.79 Å². The van der Waals surface area contributed by atoms with Gasteiger partial charge in [0.2, 0.25) is 11.8 Å². The Morgan fingerprint density at radius 2 is 1.43 bits per heavy atom. The van der Waals surface area contributed by atoms with Crippen molar-refractivity contribution in [2.75, 3.05) is 37.6 Å². The molecular formula is C42H51FN4O4. The first-order valence-electron chi connectivity index (χ1n) is 18.2. The number of carbonyl (C=O) groups is 1. The fraction of sp³-hybridized carbons (Fsp3) is 0.429. The lowest BCUT2D eigenvalue weighted by molar-refractivity contribution is 0.0145. The first-order valence-corrected chi connectivity index (χ1v) is 18.2. The lowest BCUT2D eigenvalue weighted by Gasteiger charge is -2.47. The summed E-state index contributed by atoms with van der Waals surface area (Å²) in [7, 11) is 0. The summed E-state index contributed by atoms with van der Waals surface area (Å²) in [4.78, 5) is 23.8. The predicted octanol–water partition coefficient (Wildman–Crippen LogP) is 8.59. The number of anilines is 1. The van der Waals surface area contributed by atoms with Crippen LogP contribution in [0.15, 0.2) is 91.0 Å². The highest BCUT2D eigenvalue weighted by Gasteiger charge is 2.34. The van der Waals surface area contributed by atoms with Gasteiger partial charge in [0.15, 0.2) is 0 Å². The number of piperidine rings is 1. The maximum atomic E-state index is 16.0. The summed E-state index contributed by atoms with van der Waals surface area (Å²) in [6.07, 6.45) is 1.70. The van der Waals surface area contributed by atoms with Gasteiger partial charge in [-0.3, -0.25) is 4.90 Å². The fourth-order valence-corrected chi connectivity index (χ4v) is 7.06. The zero-order chi connectivity index (χ0) is 36.0. The van der Waals surface area contributed by atoms with Gasteiger partial charge in [0.05, 0.1) is 5.69 Å². The Hall–Kier alpha value is -4.63. The third-order valence-corrected chi connectivity index (χ3v) is 9.72. The third kappa shape index (κ3) is 9.58. The summed E-state index contributed by atoms with van der Waals surface area (Å²) in [6, 6.07) is 29.5. The smallest absolute Gasteiger partial charge is 0.410 e. The van der Waals surface area contributed by atoms with Crippen molar-refractivity contribution in [1.29, 1.82) is 0 Å². The van der Waals surface area contributed by atoms with Crippen LogP contribution in [-0.4, -0.2) is 71.3 Å². The molecule has 0 aliphatic carbocycles. The van der Waals surface area contributed by atoms with E-state index in [-0.39, 0.29) is 24.0 Å². The van der Waals surface area contributed by atoms with Gasteiger partial charge in [-0.2, -0.15) is 4.98 Å². The van der Waals surface area contributed by atoms with E-state index < -0.39 is 5.60 Å². The van der Waals surface area contributed by atoms with Gasteiger partial charge in [-0.1, -0.05) is 66.7 Å². The van der Waals surface area contributed by atoms with Crippen molar-refractivity contribution < 1.29 is 23.4 Å². The molecule has 9 heteroatoms. The van der Waals surface area contributed by atoms with Crippen molar-refractivity contribution in [2.45, 2.75) is 78.4 Å². The Bertz CT molecular complexity index is 1730. The Labute approximate surface area is 302 Å². The number of hydrogen-bond donors (Lipinski definition) is 0. The minimum atomic E-state index is -0.487. The number of aromatic nitrogens is 1. The van der Waals surface area contributed by atoms with Gasteiger partial charge in [0.1, 0.15) is 24.6 Å². The standard InChI is InChI=1S/C42H51FN4O4/c1-30-25-46(26-31(2)47(30)27-32-20-22-45(23-21-32)41(48)51-42(3,4)5)38-18-16-35(24-37(38)43)36-17-19-39(49-28-33-12-8-6-9-13-33)44-40(36)50-29-34-14-10-7-11-15-34/h6-19,24,30-32H,20-23,25-29H2,1-5H3/t30-,31+. The highest BCUT2D eigenvalue weighted by molar-refractivity contribution is 5.71. The van der Waals surface area contributed by atoms with Crippen molar-refractivity contribution in [3.05, 3.63) is 108 Å². The number of ether oxygens (including phenoxy) is 3. The van der Waals surface area contributed by atoms with Crippen molar-refractivity contribution in [1.82, 2.24) is 14.8 Å². The monoisotopic (exact) mass is 694 g/mol. The first-order chi connectivity index (χ1) is 24.5.